The molecule has 5 nitrogen and oxygen atoms in total. The zero-order valence-electron chi connectivity index (χ0n) is 13.5. The molecule has 0 unspecified atom stereocenters. The van der Waals surface area contributed by atoms with Crippen molar-refractivity contribution in [3.8, 4) is 5.13 Å². The third-order valence-corrected chi connectivity index (χ3v) is 4.96. The van der Waals surface area contributed by atoms with Crippen LogP contribution in [0.3, 0.4) is 0 Å². The average Bonchev–Trinajstić information content (AvgIpc) is 3.22. The summed E-state index contributed by atoms with van der Waals surface area (Å²) in [4.78, 5) is 13.4. The first-order chi connectivity index (χ1) is 11.8. The highest BCUT2D eigenvalue weighted by molar-refractivity contribution is 7.12. The van der Waals surface area contributed by atoms with Crippen molar-refractivity contribution in [2.45, 2.75) is 20.4 Å². The van der Waals surface area contributed by atoms with Gasteiger partial charge in [-0.2, -0.15) is 0 Å². The van der Waals surface area contributed by atoms with Crippen LogP contribution in [-0.2, 0) is 6.54 Å². The molecule has 0 amide bonds. The lowest BCUT2D eigenvalue weighted by atomic mass is 10.2. The summed E-state index contributed by atoms with van der Waals surface area (Å²) in [6, 6.07) is 10.3. The van der Waals surface area contributed by atoms with Crippen LogP contribution in [0.15, 0.2) is 48.2 Å². The number of thiazole rings is 1. The van der Waals surface area contributed by atoms with Crippen molar-refractivity contribution >= 4 is 28.2 Å². The van der Waals surface area contributed by atoms with Gasteiger partial charge in [0.15, 0.2) is 10.8 Å². The van der Waals surface area contributed by atoms with Gasteiger partial charge in [0, 0.05) is 23.8 Å². The molecule has 24 heavy (non-hydrogen) atoms. The van der Waals surface area contributed by atoms with E-state index in [1.165, 1.54) is 11.1 Å². The van der Waals surface area contributed by atoms with Crippen molar-refractivity contribution in [3.63, 3.8) is 0 Å². The van der Waals surface area contributed by atoms with E-state index in [0.29, 0.717) is 0 Å². The van der Waals surface area contributed by atoms with E-state index >= 15 is 0 Å². The zero-order valence-corrected chi connectivity index (χ0v) is 14.3. The van der Waals surface area contributed by atoms with Crippen molar-refractivity contribution in [3.05, 3.63) is 65.1 Å². The third kappa shape index (κ3) is 2.45. The largest absolute Gasteiger partial charge is 0.365 e. The molecule has 0 saturated heterocycles. The molecule has 0 atom stereocenters. The third-order valence-electron chi connectivity index (χ3n) is 4.21. The molecule has 4 rings (SSSR count). The number of rotatable bonds is 4. The number of fused-ring (bicyclic) bond motifs is 1. The number of aromatic nitrogens is 4. The lowest BCUT2D eigenvalue weighted by molar-refractivity contribution is 0.994. The molecule has 3 aromatic heterocycles. The van der Waals surface area contributed by atoms with Gasteiger partial charge in [-0.25, -0.2) is 15.0 Å². The van der Waals surface area contributed by atoms with Gasteiger partial charge in [-0.3, -0.25) is 4.57 Å². The highest BCUT2D eigenvalue weighted by Gasteiger charge is 2.18. The molecule has 0 saturated carbocycles. The summed E-state index contributed by atoms with van der Waals surface area (Å²) in [5.41, 5.74) is 4.43. The number of aryl methyl sites for hydroxylation is 1. The Bertz CT molecular complexity index is 974. The van der Waals surface area contributed by atoms with Gasteiger partial charge in [0.05, 0.1) is 5.39 Å². The van der Waals surface area contributed by atoms with Crippen LogP contribution in [0, 0.1) is 13.8 Å². The molecule has 1 aromatic carbocycles. The van der Waals surface area contributed by atoms with E-state index in [1.54, 1.807) is 17.7 Å². The van der Waals surface area contributed by atoms with Crippen LogP contribution >= 0.6 is 11.3 Å². The predicted octanol–water partition coefficient (Wildman–Crippen LogP) is 4.11. The van der Waals surface area contributed by atoms with E-state index in [-0.39, 0.29) is 0 Å². The molecule has 1 N–H and O–H groups in total. The molecule has 0 spiro atoms. The molecule has 0 radical (unpaired) electrons. The number of nitrogens with zero attached hydrogens (tertiary/aromatic N) is 4. The fourth-order valence-electron chi connectivity index (χ4n) is 2.87. The van der Waals surface area contributed by atoms with Gasteiger partial charge in [-0.1, -0.05) is 30.3 Å². The molecule has 0 aliphatic rings. The van der Waals surface area contributed by atoms with Crippen LogP contribution < -0.4 is 5.32 Å². The molecular weight excluding hydrogens is 318 g/mol. The quantitative estimate of drug-likeness (QED) is 0.610. The smallest absolute Gasteiger partial charge is 0.195 e. The fourth-order valence-corrected chi connectivity index (χ4v) is 3.57. The van der Waals surface area contributed by atoms with E-state index in [4.69, 9.17) is 0 Å². The van der Waals surface area contributed by atoms with Crippen molar-refractivity contribution < 1.29 is 0 Å². The van der Waals surface area contributed by atoms with Crippen LogP contribution in [0.4, 0.5) is 5.82 Å². The Morgan fingerprint density at radius 2 is 1.92 bits per heavy atom. The van der Waals surface area contributed by atoms with Gasteiger partial charge >= 0.3 is 0 Å². The van der Waals surface area contributed by atoms with E-state index in [1.807, 2.05) is 29.8 Å². The van der Waals surface area contributed by atoms with Crippen LogP contribution in [-0.4, -0.2) is 19.5 Å². The first kappa shape index (κ1) is 14.8. The Hall–Kier alpha value is -2.73. The first-order valence-electron chi connectivity index (χ1n) is 7.76. The number of anilines is 1. The Morgan fingerprint density at radius 3 is 2.67 bits per heavy atom. The number of hydrogen-bond acceptors (Lipinski definition) is 5. The Kier molecular flexibility index (Phi) is 3.74. The van der Waals surface area contributed by atoms with E-state index in [9.17, 15) is 0 Å². The summed E-state index contributed by atoms with van der Waals surface area (Å²) in [5.74, 6) is 0.861. The van der Waals surface area contributed by atoms with Crippen molar-refractivity contribution in [1.29, 1.82) is 0 Å². The molecule has 0 fully saturated rings. The minimum absolute atomic E-state index is 0.730. The minimum Gasteiger partial charge on any atom is -0.365 e. The van der Waals surface area contributed by atoms with Gasteiger partial charge in [0.1, 0.15) is 12.1 Å². The predicted molar refractivity (Wildman–Crippen MR) is 97.8 cm³/mol. The Morgan fingerprint density at radius 1 is 1.08 bits per heavy atom. The molecule has 120 valence electrons. The number of benzene rings is 1. The lowest BCUT2D eigenvalue weighted by Gasteiger charge is -2.07. The monoisotopic (exact) mass is 335 g/mol. The molecule has 0 aliphatic heterocycles. The number of hydrogen-bond donors (Lipinski definition) is 1. The van der Waals surface area contributed by atoms with Crippen molar-refractivity contribution in [1.82, 2.24) is 19.5 Å². The first-order valence-corrected chi connectivity index (χ1v) is 8.64. The van der Waals surface area contributed by atoms with Crippen molar-refractivity contribution in [2.75, 3.05) is 5.32 Å². The number of nitrogens with one attached hydrogen (secondary N) is 1. The maximum Gasteiger partial charge on any atom is 0.195 e. The van der Waals surface area contributed by atoms with Gasteiger partial charge in [0.25, 0.3) is 0 Å². The second kappa shape index (κ2) is 6.05. The molecule has 0 bridgehead atoms. The second-order valence-corrected chi connectivity index (χ2v) is 6.49. The summed E-state index contributed by atoms with van der Waals surface area (Å²) >= 11 is 1.61. The SMILES string of the molecule is Cc1c(C)n(-c2nccs2)c2ncnc(NCc3ccccc3)c12. The van der Waals surface area contributed by atoms with E-state index in [0.717, 1.165) is 34.2 Å². The summed E-state index contributed by atoms with van der Waals surface area (Å²) in [5, 5.41) is 7.41. The summed E-state index contributed by atoms with van der Waals surface area (Å²) in [6.07, 6.45) is 3.43. The average molecular weight is 335 g/mol. The molecule has 4 aromatic rings. The van der Waals surface area contributed by atoms with Crippen LogP contribution in [0.25, 0.3) is 16.2 Å². The maximum absolute atomic E-state index is 4.51. The van der Waals surface area contributed by atoms with Crippen molar-refractivity contribution in [2.24, 2.45) is 0 Å². The maximum atomic E-state index is 4.51. The highest BCUT2D eigenvalue weighted by Crippen LogP contribution is 2.31. The van der Waals surface area contributed by atoms with Gasteiger partial charge in [0.2, 0.25) is 0 Å². The van der Waals surface area contributed by atoms with E-state index < -0.39 is 0 Å². The van der Waals surface area contributed by atoms with Crippen LogP contribution in [0.5, 0.6) is 0 Å². The normalized spacial score (nSPS) is 11.1. The van der Waals surface area contributed by atoms with Gasteiger partial charge in [-0.15, -0.1) is 11.3 Å². The van der Waals surface area contributed by atoms with Crippen LogP contribution in [0.1, 0.15) is 16.8 Å². The highest BCUT2D eigenvalue weighted by atomic mass is 32.1. The fraction of sp³-hybridized carbons (Fsp3) is 0.167. The Labute approximate surface area is 144 Å². The molecule has 0 aliphatic carbocycles. The van der Waals surface area contributed by atoms with Crippen LogP contribution in [0.2, 0.25) is 0 Å². The zero-order chi connectivity index (χ0) is 16.5. The summed E-state index contributed by atoms with van der Waals surface area (Å²) in [6.45, 7) is 4.94. The summed E-state index contributed by atoms with van der Waals surface area (Å²) in [7, 11) is 0. The topological polar surface area (TPSA) is 55.6 Å². The van der Waals surface area contributed by atoms with Gasteiger partial charge < -0.3 is 5.32 Å². The molecular formula is C18H17N5S. The van der Waals surface area contributed by atoms with Gasteiger partial charge in [-0.05, 0) is 25.0 Å². The standard InChI is InChI=1S/C18H17N5S/c1-12-13(2)23(18-19-8-9-24-18)17-15(12)16(21-11-22-17)20-10-14-6-4-3-5-7-14/h3-9,11H,10H2,1-2H3,(H,20,21,22). The molecule has 3 heterocycles. The van der Waals surface area contributed by atoms with E-state index in [2.05, 4.69) is 50.8 Å². The second-order valence-electron chi connectivity index (χ2n) is 5.62. The summed E-state index contributed by atoms with van der Waals surface area (Å²) < 4.78 is 2.10. The Balaban J connectivity index is 1.79. The minimum atomic E-state index is 0.730. The lowest BCUT2D eigenvalue weighted by Crippen LogP contribution is -2.03. The molecule has 6 heteroatoms.